The lowest BCUT2D eigenvalue weighted by molar-refractivity contribution is 0.570. The molecule has 1 unspecified atom stereocenters. The molecule has 1 heterocycles. The maximum atomic E-state index is 5.85. The zero-order valence-corrected chi connectivity index (χ0v) is 10.4. The SMILES string of the molecule is CC(NCCc1ncn[nH]1)c1ccc(Cl)cc1. The summed E-state index contributed by atoms with van der Waals surface area (Å²) in [6, 6.07) is 8.19. The number of nitrogens with zero attached hydrogens (tertiary/aromatic N) is 2. The third kappa shape index (κ3) is 3.54. The molecule has 90 valence electrons. The van der Waals surface area contributed by atoms with E-state index in [1.165, 1.54) is 11.9 Å². The molecule has 0 aliphatic carbocycles. The summed E-state index contributed by atoms with van der Waals surface area (Å²) in [6.07, 6.45) is 2.37. The quantitative estimate of drug-likeness (QED) is 0.857. The van der Waals surface area contributed by atoms with Crippen molar-refractivity contribution in [2.45, 2.75) is 19.4 Å². The van der Waals surface area contributed by atoms with Crippen molar-refractivity contribution >= 4 is 11.6 Å². The van der Waals surface area contributed by atoms with Crippen LogP contribution in [0, 0.1) is 0 Å². The second-order valence-electron chi connectivity index (χ2n) is 3.91. The Morgan fingerprint density at radius 1 is 1.35 bits per heavy atom. The molecule has 2 N–H and O–H groups in total. The third-order valence-electron chi connectivity index (χ3n) is 2.65. The topological polar surface area (TPSA) is 53.6 Å². The molecule has 0 amide bonds. The van der Waals surface area contributed by atoms with Crippen molar-refractivity contribution in [2.75, 3.05) is 6.54 Å². The fraction of sp³-hybridized carbons (Fsp3) is 0.333. The fourth-order valence-electron chi connectivity index (χ4n) is 1.63. The molecule has 0 saturated carbocycles. The maximum absolute atomic E-state index is 5.85. The molecule has 5 heteroatoms. The van der Waals surface area contributed by atoms with Crippen LogP contribution in [0.5, 0.6) is 0 Å². The van der Waals surface area contributed by atoms with Gasteiger partial charge in [0.1, 0.15) is 12.2 Å². The molecule has 0 fully saturated rings. The molecule has 0 bridgehead atoms. The Morgan fingerprint density at radius 2 is 2.12 bits per heavy atom. The summed E-state index contributed by atoms with van der Waals surface area (Å²) in [5.41, 5.74) is 1.23. The van der Waals surface area contributed by atoms with Crippen LogP contribution in [-0.4, -0.2) is 21.7 Å². The molecule has 0 aliphatic heterocycles. The van der Waals surface area contributed by atoms with Crippen LogP contribution < -0.4 is 5.32 Å². The van der Waals surface area contributed by atoms with E-state index in [-0.39, 0.29) is 0 Å². The Morgan fingerprint density at radius 3 is 2.76 bits per heavy atom. The van der Waals surface area contributed by atoms with Crippen LogP contribution in [0.25, 0.3) is 0 Å². The standard InChI is InChI=1S/C12H15ClN4/c1-9(10-2-4-11(13)5-3-10)14-7-6-12-15-8-16-17-12/h2-5,8-9,14H,6-7H2,1H3,(H,15,16,17). The van der Waals surface area contributed by atoms with E-state index in [2.05, 4.69) is 27.4 Å². The number of H-pyrrole nitrogens is 1. The van der Waals surface area contributed by atoms with Crippen LogP contribution in [-0.2, 0) is 6.42 Å². The molecule has 17 heavy (non-hydrogen) atoms. The molecule has 1 aromatic carbocycles. The summed E-state index contributed by atoms with van der Waals surface area (Å²) in [5.74, 6) is 0.904. The highest BCUT2D eigenvalue weighted by Gasteiger charge is 2.04. The first-order valence-corrected chi connectivity index (χ1v) is 5.96. The van der Waals surface area contributed by atoms with Gasteiger partial charge in [0.25, 0.3) is 0 Å². The Labute approximate surface area is 105 Å². The average molecular weight is 251 g/mol. The summed E-state index contributed by atoms with van der Waals surface area (Å²) in [5, 5.41) is 10.8. The molecular weight excluding hydrogens is 236 g/mol. The number of rotatable bonds is 5. The van der Waals surface area contributed by atoms with Crippen LogP contribution in [0.4, 0.5) is 0 Å². The summed E-state index contributed by atoms with van der Waals surface area (Å²) in [7, 11) is 0. The van der Waals surface area contributed by atoms with Gasteiger partial charge in [-0.05, 0) is 24.6 Å². The minimum absolute atomic E-state index is 0.301. The highest BCUT2D eigenvalue weighted by atomic mass is 35.5. The minimum Gasteiger partial charge on any atom is -0.310 e. The second kappa shape index (κ2) is 5.80. The van der Waals surface area contributed by atoms with Crippen LogP contribution in [0.1, 0.15) is 24.4 Å². The van der Waals surface area contributed by atoms with Crippen LogP contribution >= 0.6 is 11.6 Å². The molecule has 0 saturated heterocycles. The molecule has 0 aliphatic rings. The highest BCUT2D eigenvalue weighted by Crippen LogP contribution is 2.15. The van der Waals surface area contributed by atoms with Gasteiger partial charge in [-0.15, -0.1) is 0 Å². The summed E-state index contributed by atoms with van der Waals surface area (Å²) >= 11 is 5.85. The predicted octanol–water partition coefficient (Wildman–Crippen LogP) is 2.35. The number of halogens is 1. The van der Waals surface area contributed by atoms with Gasteiger partial charge in [-0.1, -0.05) is 23.7 Å². The number of hydrogen-bond donors (Lipinski definition) is 2. The van der Waals surface area contributed by atoms with Crippen LogP contribution in [0.2, 0.25) is 5.02 Å². The summed E-state index contributed by atoms with van der Waals surface area (Å²) in [6.45, 7) is 2.99. The van der Waals surface area contributed by atoms with Gasteiger partial charge in [-0.2, -0.15) is 5.10 Å². The zero-order chi connectivity index (χ0) is 12.1. The molecular formula is C12H15ClN4. The van der Waals surface area contributed by atoms with Gasteiger partial charge in [0.2, 0.25) is 0 Å². The Hall–Kier alpha value is -1.39. The predicted molar refractivity (Wildman–Crippen MR) is 68.0 cm³/mol. The lowest BCUT2D eigenvalue weighted by Gasteiger charge is -2.13. The van der Waals surface area contributed by atoms with Gasteiger partial charge in [0.05, 0.1) is 0 Å². The van der Waals surface area contributed by atoms with Gasteiger partial charge in [-0.3, -0.25) is 5.10 Å². The lowest BCUT2D eigenvalue weighted by Crippen LogP contribution is -2.21. The first-order chi connectivity index (χ1) is 8.25. The Bertz CT molecular complexity index is 438. The van der Waals surface area contributed by atoms with Crippen molar-refractivity contribution in [3.63, 3.8) is 0 Å². The normalized spacial score (nSPS) is 12.6. The van der Waals surface area contributed by atoms with E-state index in [0.717, 1.165) is 23.8 Å². The van der Waals surface area contributed by atoms with Crippen LogP contribution in [0.3, 0.4) is 0 Å². The summed E-state index contributed by atoms with van der Waals surface area (Å²) < 4.78 is 0. The molecule has 0 spiro atoms. The molecule has 0 radical (unpaired) electrons. The second-order valence-corrected chi connectivity index (χ2v) is 4.35. The van der Waals surface area contributed by atoms with Crippen molar-refractivity contribution in [1.29, 1.82) is 0 Å². The highest BCUT2D eigenvalue weighted by molar-refractivity contribution is 6.30. The fourth-order valence-corrected chi connectivity index (χ4v) is 1.75. The first-order valence-electron chi connectivity index (χ1n) is 5.59. The van der Waals surface area contributed by atoms with E-state index in [4.69, 9.17) is 11.6 Å². The van der Waals surface area contributed by atoms with E-state index in [1.54, 1.807) is 0 Å². The molecule has 1 aromatic heterocycles. The lowest BCUT2D eigenvalue weighted by atomic mass is 10.1. The monoisotopic (exact) mass is 250 g/mol. The van der Waals surface area contributed by atoms with E-state index < -0.39 is 0 Å². The smallest absolute Gasteiger partial charge is 0.137 e. The van der Waals surface area contributed by atoms with Gasteiger partial charge in [0, 0.05) is 24.0 Å². The third-order valence-corrected chi connectivity index (χ3v) is 2.90. The number of nitrogens with one attached hydrogen (secondary N) is 2. The minimum atomic E-state index is 0.301. The van der Waals surface area contributed by atoms with Gasteiger partial charge >= 0.3 is 0 Å². The summed E-state index contributed by atoms with van der Waals surface area (Å²) in [4.78, 5) is 4.07. The van der Waals surface area contributed by atoms with Gasteiger partial charge < -0.3 is 5.32 Å². The van der Waals surface area contributed by atoms with E-state index in [0.29, 0.717) is 6.04 Å². The van der Waals surface area contributed by atoms with Crippen molar-refractivity contribution < 1.29 is 0 Å². The molecule has 2 aromatic rings. The first kappa shape index (κ1) is 12.1. The Balaban J connectivity index is 1.81. The molecule has 1 atom stereocenters. The number of aromatic nitrogens is 3. The molecule has 4 nitrogen and oxygen atoms in total. The molecule has 2 rings (SSSR count). The van der Waals surface area contributed by atoms with Gasteiger partial charge in [0.15, 0.2) is 0 Å². The number of aromatic amines is 1. The van der Waals surface area contributed by atoms with Gasteiger partial charge in [-0.25, -0.2) is 4.98 Å². The van der Waals surface area contributed by atoms with Crippen molar-refractivity contribution in [3.8, 4) is 0 Å². The maximum Gasteiger partial charge on any atom is 0.137 e. The average Bonchev–Trinajstić information content (AvgIpc) is 2.83. The van der Waals surface area contributed by atoms with Crippen molar-refractivity contribution in [3.05, 3.63) is 47.0 Å². The zero-order valence-electron chi connectivity index (χ0n) is 9.65. The van der Waals surface area contributed by atoms with E-state index in [9.17, 15) is 0 Å². The van der Waals surface area contributed by atoms with Crippen molar-refractivity contribution in [1.82, 2.24) is 20.5 Å². The van der Waals surface area contributed by atoms with E-state index >= 15 is 0 Å². The Kier molecular flexibility index (Phi) is 4.12. The van der Waals surface area contributed by atoms with Crippen molar-refractivity contribution in [2.24, 2.45) is 0 Å². The number of hydrogen-bond acceptors (Lipinski definition) is 3. The van der Waals surface area contributed by atoms with Crippen LogP contribution in [0.15, 0.2) is 30.6 Å². The largest absolute Gasteiger partial charge is 0.310 e. The van der Waals surface area contributed by atoms with E-state index in [1.807, 2.05) is 24.3 Å². The number of benzene rings is 1.